The van der Waals surface area contributed by atoms with Crippen LogP contribution in [0.5, 0.6) is 5.75 Å². The first-order valence-electron chi connectivity index (χ1n) is 11.7. The van der Waals surface area contributed by atoms with Crippen molar-refractivity contribution in [2.24, 2.45) is 0 Å². The molecule has 1 N–H and O–H groups in total. The van der Waals surface area contributed by atoms with Gasteiger partial charge in [-0.15, -0.1) is 0 Å². The Balaban J connectivity index is 1.87. The predicted molar refractivity (Wildman–Crippen MR) is 131 cm³/mol. The van der Waals surface area contributed by atoms with Crippen molar-refractivity contribution in [2.75, 3.05) is 31.7 Å². The number of hydrogen-bond donors (Lipinski definition) is 1. The van der Waals surface area contributed by atoms with Crippen molar-refractivity contribution in [1.82, 2.24) is 4.90 Å². The highest BCUT2D eigenvalue weighted by molar-refractivity contribution is 6.36. The number of anilines is 1. The summed E-state index contributed by atoms with van der Waals surface area (Å²) < 4.78 is 11.2. The molecule has 2 amide bonds. The third-order valence-electron chi connectivity index (χ3n) is 5.69. The van der Waals surface area contributed by atoms with E-state index in [-0.39, 0.29) is 11.8 Å². The van der Waals surface area contributed by atoms with Gasteiger partial charge in [-0.2, -0.15) is 0 Å². The molecule has 6 heteroatoms. The molecule has 33 heavy (non-hydrogen) atoms. The molecule has 2 aromatic rings. The Kier molecular flexibility index (Phi) is 8.66. The Labute approximate surface area is 196 Å². The summed E-state index contributed by atoms with van der Waals surface area (Å²) in [6, 6.07) is 13.2. The predicted octanol–water partition coefficient (Wildman–Crippen LogP) is 5.10. The van der Waals surface area contributed by atoms with Crippen LogP contribution < -0.4 is 10.1 Å². The summed E-state index contributed by atoms with van der Waals surface area (Å²) in [5, 5.41) is 3.21. The van der Waals surface area contributed by atoms with Crippen LogP contribution in [-0.2, 0) is 14.3 Å². The zero-order chi connectivity index (χ0) is 23.8. The molecular weight excluding hydrogens is 416 g/mol. The molecular formula is C27H34N2O4. The van der Waals surface area contributed by atoms with E-state index < -0.39 is 0 Å². The monoisotopic (exact) mass is 450 g/mol. The standard InChI is InChI=1S/C27H34N2O4/c1-5-7-15-32-16-9-14-29-26(30)24(21-13-12-19(3)20(4)17-21)25(27(29)31)28-22-10-8-11-23(18-22)33-6-2/h8,10-13,17-18,28H,5-7,9,14-16H2,1-4H3. The van der Waals surface area contributed by atoms with Crippen molar-refractivity contribution >= 4 is 23.1 Å². The fraction of sp³-hybridized carbons (Fsp3) is 0.407. The van der Waals surface area contributed by atoms with Gasteiger partial charge in [0.25, 0.3) is 11.8 Å². The number of aryl methyl sites for hydroxylation is 2. The molecule has 1 aliphatic rings. The molecule has 1 aliphatic heterocycles. The fourth-order valence-corrected chi connectivity index (χ4v) is 3.71. The number of rotatable bonds is 12. The Bertz CT molecular complexity index is 1030. The molecule has 3 rings (SSSR count). The summed E-state index contributed by atoms with van der Waals surface area (Å²) in [7, 11) is 0. The number of nitrogens with zero attached hydrogens (tertiary/aromatic N) is 1. The van der Waals surface area contributed by atoms with E-state index in [1.165, 1.54) is 4.90 Å². The molecule has 0 radical (unpaired) electrons. The number of imide groups is 1. The Morgan fingerprint density at radius 2 is 1.70 bits per heavy atom. The largest absolute Gasteiger partial charge is 0.494 e. The molecule has 6 nitrogen and oxygen atoms in total. The first kappa shape index (κ1) is 24.5. The lowest BCUT2D eigenvalue weighted by Gasteiger charge is -2.15. The minimum Gasteiger partial charge on any atom is -0.494 e. The Hall–Kier alpha value is -3.12. The van der Waals surface area contributed by atoms with E-state index in [0.29, 0.717) is 55.5 Å². The quantitative estimate of drug-likeness (QED) is 0.360. The minimum atomic E-state index is -0.316. The first-order valence-corrected chi connectivity index (χ1v) is 11.7. The number of hydrogen-bond acceptors (Lipinski definition) is 5. The number of carbonyl (C=O) groups is 2. The van der Waals surface area contributed by atoms with Crippen LogP contribution in [0.4, 0.5) is 5.69 Å². The zero-order valence-corrected chi connectivity index (χ0v) is 20.1. The average Bonchev–Trinajstić information content (AvgIpc) is 3.02. The lowest BCUT2D eigenvalue weighted by Crippen LogP contribution is -2.34. The number of ether oxygens (including phenoxy) is 2. The molecule has 0 unspecified atom stereocenters. The first-order chi connectivity index (χ1) is 16.0. The van der Waals surface area contributed by atoms with Crippen molar-refractivity contribution in [3.8, 4) is 5.75 Å². The highest BCUT2D eigenvalue weighted by atomic mass is 16.5. The van der Waals surface area contributed by atoms with Crippen LogP contribution in [0.25, 0.3) is 5.57 Å². The molecule has 0 bridgehead atoms. The van der Waals surface area contributed by atoms with E-state index in [1.54, 1.807) is 0 Å². The maximum absolute atomic E-state index is 13.4. The molecule has 176 valence electrons. The van der Waals surface area contributed by atoms with Gasteiger partial charge in [0.1, 0.15) is 11.4 Å². The van der Waals surface area contributed by atoms with Crippen LogP contribution in [-0.4, -0.2) is 43.1 Å². The normalized spacial score (nSPS) is 13.8. The van der Waals surface area contributed by atoms with Gasteiger partial charge in [0.2, 0.25) is 0 Å². The van der Waals surface area contributed by atoms with E-state index in [4.69, 9.17) is 9.47 Å². The van der Waals surface area contributed by atoms with Crippen molar-refractivity contribution in [3.63, 3.8) is 0 Å². The number of nitrogens with one attached hydrogen (secondary N) is 1. The van der Waals surface area contributed by atoms with Gasteiger partial charge in [-0.05, 0) is 62.4 Å². The molecule has 0 atom stereocenters. The Morgan fingerprint density at radius 1 is 0.909 bits per heavy atom. The van der Waals surface area contributed by atoms with Gasteiger partial charge in [-0.25, -0.2) is 0 Å². The average molecular weight is 451 g/mol. The summed E-state index contributed by atoms with van der Waals surface area (Å²) in [4.78, 5) is 28.1. The van der Waals surface area contributed by atoms with Crippen molar-refractivity contribution in [1.29, 1.82) is 0 Å². The van der Waals surface area contributed by atoms with Crippen LogP contribution in [0, 0.1) is 13.8 Å². The van der Waals surface area contributed by atoms with E-state index in [9.17, 15) is 9.59 Å². The van der Waals surface area contributed by atoms with E-state index in [2.05, 4.69) is 12.2 Å². The van der Waals surface area contributed by atoms with Gasteiger partial charge in [0.15, 0.2) is 0 Å². The summed E-state index contributed by atoms with van der Waals surface area (Å²) in [6.07, 6.45) is 2.69. The fourth-order valence-electron chi connectivity index (χ4n) is 3.71. The number of carbonyl (C=O) groups excluding carboxylic acids is 2. The van der Waals surface area contributed by atoms with Gasteiger partial charge in [0, 0.05) is 31.5 Å². The van der Waals surface area contributed by atoms with Gasteiger partial charge in [-0.3, -0.25) is 14.5 Å². The summed E-state index contributed by atoms with van der Waals surface area (Å²) in [6.45, 7) is 10.2. The van der Waals surface area contributed by atoms with Gasteiger partial charge < -0.3 is 14.8 Å². The lowest BCUT2D eigenvalue weighted by molar-refractivity contribution is -0.137. The zero-order valence-electron chi connectivity index (χ0n) is 20.1. The van der Waals surface area contributed by atoms with E-state index in [0.717, 1.165) is 29.5 Å². The second-order valence-corrected chi connectivity index (χ2v) is 8.22. The summed E-state index contributed by atoms with van der Waals surface area (Å²) >= 11 is 0. The Morgan fingerprint density at radius 3 is 2.42 bits per heavy atom. The number of amides is 2. The maximum Gasteiger partial charge on any atom is 0.278 e. The number of benzene rings is 2. The third-order valence-corrected chi connectivity index (χ3v) is 5.69. The summed E-state index contributed by atoms with van der Waals surface area (Å²) in [5.41, 5.74) is 4.34. The molecule has 0 fully saturated rings. The van der Waals surface area contributed by atoms with Gasteiger partial charge in [-0.1, -0.05) is 37.6 Å². The SMILES string of the molecule is CCCCOCCCN1C(=O)C(Nc2cccc(OCC)c2)=C(c2ccc(C)c(C)c2)C1=O. The second-order valence-electron chi connectivity index (χ2n) is 8.22. The van der Waals surface area contributed by atoms with Crippen LogP contribution in [0.2, 0.25) is 0 Å². The smallest absolute Gasteiger partial charge is 0.278 e. The van der Waals surface area contributed by atoms with Crippen LogP contribution in [0.15, 0.2) is 48.2 Å². The molecule has 0 aliphatic carbocycles. The van der Waals surface area contributed by atoms with Crippen LogP contribution in [0.3, 0.4) is 0 Å². The number of unbranched alkanes of at least 4 members (excludes halogenated alkanes) is 1. The topological polar surface area (TPSA) is 67.9 Å². The third kappa shape index (κ3) is 6.02. The molecule has 2 aromatic carbocycles. The maximum atomic E-state index is 13.4. The van der Waals surface area contributed by atoms with E-state index >= 15 is 0 Å². The highest BCUT2D eigenvalue weighted by Gasteiger charge is 2.39. The molecule has 0 aromatic heterocycles. The van der Waals surface area contributed by atoms with Crippen LogP contribution >= 0.6 is 0 Å². The highest BCUT2D eigenvalue weighted by Crippen LogP contribution is 2.32. The molecule has 0 saturated heterocycles. The summed E-state index contributed by atoms with van der Waals surface area (Å²) in [5.74, 6) is 0.109. The van der Waals surface area contributed by atoms with Crippen LogP contribution in [0.1, 0.15) is 49.8 Å². The second kappa shape index (κ2) is 11.7. The molecule has 1 heterocycles. The van der Waals surface area contributed by atoms with Gasteiger partial charge >= 0.3 is 0 Å². The lowest BCUT2D eigenvalue weighted by atomic mass is 9.99. The van der Waals surface area contributed by atoms with Crippen molar-refractivity contribution in [3.05, 3.63) is 64.9 Å². The minimum absolute atomic E-state index is 0.278. The van der Waals surface area contributed by atoms with Crippen molar-refractivity contribution in [2.45, 2.75) is 47.0 Å². The van der Waals surface area contributed by atoms with E-state index in [1.807, 2.05) is 63.2 Å². The van der Waals surface area contributed by atoms with Crippen molar-refractivity contribution < 1.29 is 19.1 Å². The van der Waals surface area contributed by atoms with Gasteiger partial charge in [0.05, 0.1) is 12.2 Å². The molecule has 0 spiro atoms. The molecule has 0 saturated carbocycles.